The molecule has 0 bridgehead atoms. The van der Waals surface area contributed by atoms with Crippen molar-refractivity contribution in [3.63, 3.8) is 0 Å². The fraction of sp³-hybridized carbons (Fsp3) is 0.0455. The summed E-state index contributed by atoms with van der Waals surface area (Å²) in [5.74, 6) is -0.165. The Bertz CT molecular complexity index is 1060. The Morgan fingerprint density at radius 1 is 0.889 bits per heavy atom. The molecule has 4 aromatic rings. The fourth-order valence-corrected chi connectivity index (χ4v) is 3.10. The van der Waals surface area contributed by atoms with E-state index in [0.717, 1.165) is 27.1 Å². The molecule has 1 N–H and O–H groups in total. The smallest absolute Gasteiger partial charge is 0.305 e. The highest BCUT2D eigenvalue weighted by Crippen LogP contribution is 2.27. The van der Waals surface area contributed by atoms with E-state index in [0.29, 0.717) is 0 Å². The van der Waals surface area contributed by atoms with Crippen LogP contribution in [0.4, 0.5) is 0 Å². The van der Waals surface area contributed by atoms with Gasteiger partial charge in [-0.15, -0.1) is 0 Å². The molecule has 0 aliphatic carbocycles. The number of aromatic nitrogens is 1. The van der Waals surface area contributed by atoms with Gasteiger partial charge >= 0.3 is 5.91 Å². The van der Waals surface area contributed by atoms with Crippen molar-refractivity contribution in [2.24, 2.45) is 5.10 Å². The zero-order valence-electron chi connectivity index (χ0n) is 14.5. The van der Waals surface area contributed by atoms with Gasteiger partial charge in [0, 0.05) is 17.7 Å². The summed E-state index contributed by atoms with van der Waals surface area (Å²) >= 11 is 0. The van der Waals surface area contributed by atoms with Crippen molar-refractivity contribution < 1.29 is 21.8 Å². The molecule has 27 heavy (non-hydrogen) atoms. The first-order valence-corrected chi connectivity index (χ1v) is 8.48. The molecule has 3 aromatic carbocycles. The Labute approximate surface area is 163 Å². The lowest BCUT2D eigenvalue weighted by molar-refractivity contribution is -0.684. The number of fused-ring (bicyclic) bond motifs is 2. The number of hydrazone groups is 1. The van der Waals surface area contributed by atoms with Crippen LogP contribution in [-0.2, 0) is 11.3 Å². The molecule has 4 rings (SSSR count). The highest BCUT2D eigenvalue weighted by Gasteiger charge is 2.08. The van der Waals surface area contributed by atoms with E-state index in [2.05, 4.69) is 40.9 Å². The van der Waals surface area contributed by atoms with Crippen LogP contribution in [0, 0.1) is 0 Å². The zero-order valence-corrected chi connectivity index (χ0v) is 15.3. The summed E-state index contributed by atoms with van der Waals surface area (Å²) in [6.45, 7) is 0.231. The summed E-state index contributed by atoms with van der Waals surface area (Å²) in [5, 5.41) is 8.73. The number of amides is 1. The Balaban J connectivity index is 0.00000210. The molecule has 0 atom stereocenters. The second-order valence-corrected chi connectivity index (χ2v) is 6.07. The molecule has 0 spiro atoms. The Morgan fingerprint density at radius 3 is 2.11 bits per heavy atom. The maximum Gasteiger partial charge on any atom is 0.305 e. The predicted octanol–water partition coefficient (Wildman–Crippen LogP) is 0.435. The van der Waals surface area contributed by atoms with Crippen molar-refractivity contribution in [3.05, 3.63) is 90.8 Å². The summed E-state index contributed by atoms with van der Waals surface area (Å²) in [4.78, 5) is 12.1. The molecule has 1 aromatic heterocycles. The average molecular weight is 376 g/mol. The van der Waals surface area contributed by atoms with Gasteiger partial charge in [0.25, 0.3) is 0 Å². The quantitative estimate of drug-likeness (QED) is 0.239. The van der Waals surface area contributed by atoms with Crippen LogP contribution in [0.15, 0.2) is 90.3 Å². The number of rotatable bonds is 4. The number of carbonyl (C=O) groups excluding carboxylic acids is 1. The van der Waals surface area contributed by atoms with Gasteiger partial charge in [-0.2, -0.15) is 9.67 Å². The van der Waals surface area contributed by atoms with Gasteiger partial charge in [0.1, 0.15) is 0 Å². The molecule has 1 amide bonds. The summed E-state index contributed by atoms with van der Waals surface area (Å²) in [7, 11) is 0. The first kappa shape index (κ1) is 18.5. The molecule has 0 radical (unpaired) electrons. The van der Waals surface area contributed by atoms with E-state index >= 15 is 0 Å². The molecule has 0 aliphatic heterocycles. The fourth-order valence-electron chi connectivity index (χ4n) is 3.10. The van der Waals surface area contributed by atoms with Crippen molar-refractivity contribution >= 4 is 33.7 Å². The molecular formula is C22H18ClN3O. The van der Waals surface area contributed by atoms with Gasteiger partial charge in [-0.1, -0.05) is 54.6 Å². The maximum atomic E-state index is 12.1. The van der Waals surface area contributed by atoms with E-state index in [-0.39, 0.29) is 24.9 Å². The first-order valence-electron chi connectivity index (χ1n) is 8.48. The Hall–Kier alpha value is -3.24. The lowest BCUT2D eigenvalue weighted by atomic mass is 9.97. The minimum absolute atomic E-state index is 0. The van der Waals surface area contributed by atoms with E-state index in [1.165, 1.54) is 0 Å². The molecule has 0 fully saturated rings. The third-order valence-corrected chi connectivity index (χ3v) is 4.30. The van der Waals surface area contributed by atoms with Crippen LogP contribution in [0.25, 0.3) is 21.5 Å². The molecule has 0 aliphatic rings. The molecule has 4 nitrogen and oxygen atoms in total. The molecule has 0 unspecified atom stereocenters. The summed E-state index contributed by atoms with van der Waals surface area (Å²) in [5.41, 5.74) is 3.62. The molecule has 0 saturated heterocycles. The normalized spacial score (nSPS) is 10.8. The largest absolute Gasteiger partial charge is 1.00 e. The lowest BCUT2D eigenvalue weighted by Crippen LogP contribution is -3.00. The van der Waals surface area contributed by atoms with E-state index < -0.39 is 0 Å². The number of nitrogens with zero attached hydrogens (tertiary/aromatic N) is 2. The lowest BCUT2D eigenvalue weighted by Gasteiger charge is -2.07. The van der Waals surface area contributed by atoms with E-state index in [9.17, 15) is 4.79 Å². The number of hydrogen-bond donors (Lipinski definition) is 1. The van der Waals surface area contributed by atoms with Gasteiger partial charge in [-0.05, 0) is 27.6 Å². The van der Waals surface area contributed by atoms with Crippen LogP contribution in [0.1, 0.15) is 5.56 Å². The number of carbonyl (C=O) groups is 1. The van der Waals surface area contributed by atoms with Crippen LogP contribution >= 0.6 is 0 Å². The highest BCUT2D eigenvalue weighted by atomic mass is 35.5. The third-order valence-electron chi connectivity index (χ3n) is 4.30. The van der Waals surface area contributed by atoms with Crippen molar-refractivity contribution in [2.75, 3.05) is 0 Å². The number of hydrogen-bond acceptors (Lipinski definition) is 2. The van der Waals surface area contributed by atoms with Gasteiger partial charge < -0.3 is 12.4 Å². The topological polar surface area (TPSA) is 45.3 Å². The summed E-state index contributed by atoms with van der Waals surface area (Å²) in [6.07, 6.45) is 5.43. The van der Waals surface area contributed by atoms with Crippen LogP contribution in [0.2, 0.25) is 0 Å². The number of nitrogens with one attached hydrogen (secondary N) is 1. The monoisotopic (exact) mass is 375 g/mol. The van der Waals surface area contributed by atoms with Gasteiger partial charge in [0.15, 0.2) is 12.4 Å². The van der Waals surface area contributed by atoms with E-state index in [1.807, 2.05) is 54.9 Å². The van der Waals surface area contributed by atoms with Gasteiger partial charge in [-0.3, -0.25) is 4.79 Å². The van der Waals surface area contributed by atoms with Crippen LogP contribution in [0.3, 0.4) is 0 Å². The van der Waals surface area contributed by atoms with Crippen molar-refractivity contribution in [3.8, 4) is 0 Å². The molecular weight excluding hydrogens is 358 g/mol. The zero-order chi connectivity index (χ0) is 17.8. The van der Waals surface area contributed by atoms with E-state index in [1.54, 1.807) is 10.8 Å². The summed E-state index contributed by atoms with van der Waals surface area (Å²) < 4.78 is 1.80. The first-order chi connectivity index (χ1) is 12.8. The van der Waals surface area contributed by atoms with Gasteiger partial charge in [0.05, 0.1) is 6.21 Å². The van der Waals surface area contributed by atoms with Crippen molar-refractivity contribution in [1.82, 2.24) is 5.43 Å². The number of halogens is 1. The van der Waals surface area contributed by atoms with Crippen LogP contribution in [-0.4, -0.2) is 12.1 Å². The number of pyridine rings is 1. The Morgan fingerprint density at radius 2 is 1.48 bits per heavy atom. The molecule has 5 heteroatoms. The minimum Gasteiger partial charge on any atom is -1.00 e. The van der Waals surface area contributed by atoms with Gasteiger partial charge in [0.2, 0.25) is 6.54 Å². The second kappa shape index (κ2) is 8.43. The maximum absolute atomic E-state index is 12.1. The second-order valence-electron chi connectivity index (χ2n) is 6.07. The van der Waals surface area contributed by atoms with E-state index in [4.69, 9.17) is 0 Å². The van der Waals surface area contributed by atoms with Crippen molar-refractivity contribution in [2.45, 2.75) is 6.54 Å². The Kier molecular flexibility index (Phi) is 5.79. The van der Waals surface area contributed by atoms with Crippen LogP contribution in [0.5, 0.6) is 0 Å². The molecule has 1 heterocycles. The third kappa shape index (κ3) is 4.13. The predicted molar refractivity (Wildman–Crippen MR) is 104 cm³/mol. The van der Waals surface area contributed by atoms with Crippen molar-refractivity contribution in [1.29, 1.82) is 0 Å². The van der Waals surface area contributed by atoms with Gasteiger partial charge in [-0.25, -0.2) is 5.43 Å². The summed E-state index contributed by atoms with van der Waals surface area (Å²) in [6, 6.07) is 24.3. The molecule has 134 valence electrons. The van der Waals surface area contributed by atoms with Crippen LogP contribution < -0.4 is 22.4 Å². The molecule has 0 saturated carbocycles. The SMILES string of the molecule is O=C(C[n+]1ccccc1)N/N=C/c1c2ccccc2cc2ccccc12.[Cl-]. The highest BCUT2D eigenvalue weighted by molar-refractivity contribution is 6.13. The minimum atomic E-state index is -0.165. The average Bonchev–Trinajstić information content (AvgIpc) is 2.68. The number of benzene rings is 3. The standard InChI is InChI=1S/C22H17N3O.ClH/c26-22(16-25-12-6-1-7-13-25)24-23-15-21-19-10-4-2-8-17(19)14-18-9-3-5-11-20(18)21;/h1-15H,16H2;1H/b23-15+;.